The van der Waals surface area contributed by atoms with Crippen LogP contribution in [0.4, 0.5) is 4.79 Å². The number of methoxy groups -OCH3 is 1. The zero-order valence-corrected chi connectivity index (χ0v) is 16.3. The predicted octanol–water partition coefficient (Wildman–Crippen LogP) is 3.49. The summed E-state index contributed by atoms with van der Waals surface area (Å²) in [6, 6.07) is 6.27. The molecular weight excluding hydrogens is 390 g/mol. The van der Waals surface area contributed by atoms with Gasteiger partial charge in [-0.15, -0.1) is 0 Å². The molecule has 0 aliphatic carbocycles. The van der Waals surface area contributed by atoms with Gasteiger partial charge in [-0.3, -0.25) is 4.79 Å². The number of rotatable bonds is 6. The molecule has 1 atom stereocenters. The van der Waals surface area contributed by atoms with E-state index in [-0.39, 0.29) is 12.2 Å². The Morgan fingerprint density at radius 1 is 1.20 bits per heavy atom. The van der Waals surface area contributed by atoms with E-state index in [0.29, 0.717) is 0 Å². The minimum absolute atomic E-state index is 0.223. The molecule has 0 aliphatic rings. The number of alkyl carbamates (subject to hydrolysis) is 1. The molecule has 1 aromatic rings. The molecule has 0 unspecified atom stereocenters. The highest BCUT2D eigenvalue weighted by atomic mass is 79.9. The van der Waals surface area contributed by atoms with Gasteiger partial charge in [-0.05, 0) is 44.5 Å². The second kappa shape index (κ2) is 9.36. The summed E-state index contributed by atoms with van der Waals surface area (Å²) in [7, 11) is 1.19. The van der Waals surface area contributed by atoms with Crippen molar-refractivity contribution >= 4 is 39.9 Å². The standard InChI is InChI=1S/C18H22BrNO5/c1-18(2,3)25-17(23)20-15(16(22)24-4)11-14(21)10-7-12-5-8-13(19)9-6-12/h5-10,15H,11H2,1-4H3,(H,20,23)/b10-7+/t15-/m0/s1. The fourth-order valence-corrected chi connectivity index (χ4v) is 2.08. The molecule has 1 amide bonds. The number of carbonyl (C=O) groups is 3. The van der Waals surface area contributed by atoms with Gasteiger partial charge in [0.15, 0.2) is 5.78 Å². The van der Waals surface area contributed by atoms with Crippen LogP contribution in [0.15, 0.2) is 34.8 Å². The molecule has 7 heteroatoms. The van der Waals surface area contributed by atoms with Crippen molar-refractivity contribution in [1.82, 2.24) is 5.32 Å². The van der Waals surface area contributed by atoms with Crippen LogP contribution in [0.1, 0.15) is 32.8 Å². The quantitative estimate of drug-likeness (QED) is 0.572. The number of hydrogen-bond donors (Lipinski definition) is 1. The SMILES string of the molecule is COC(=O)[C@H](CC(=O)/C=C/c1ccc(Br)cc1)NC(=O)OC(C)(C)C. The Hall–Kier alpha value is -2.15. The smallest absolute Gasteiger partial charge is 0.408 e. The number of nitrogens with one attached hydrogen (secondary N) is 1. The van der Waals surface area contributed by atoms with Gasteiger partial charge in [-0.2, -0.15) is 0 Å². The van der Waals surface area contributed by atoms with Gasteiger partial charge in [0.05, 0.1) is 7.11 Å². The molecular formula is C18H22BrNO5. The molecule has 0 spiro atoms. The largest absolute Gasteiger partial charge is 0.467 e. The Labute approximate surface area is 155 Å². The molecule has 0 aromatic heterocycles. The first-order valence-corrected chi connectivity index (χ1v) is 8.44. The third-order valence-electron chi connectivity index (χ3n) is 2.91. The van der Waals surface area contributed by atoms with E-state index in [2.05, 4.69) is 26.0 Å². The number of halogens is 1. The van der Waals surface area contributed by atoms with E-state index in [0.717, 1.165) is 10.0 Å². The van der Waals surface area contributed by atoms with Crippen LogP contribution < -0.4 is 5.32 Å². The van der Waals surface area contributed by atoms with Gasteiger partial charge in [0.2, 0.25) is 0 Å². The van der Waals surface area contributed by atoms with Gasteiger partial charge in [0.1, 0.15) is 11.6 Å². The summed E-state index contributed by atoms with van der Waals surface area (Å²) in [6.07, 6.45) is 1.98. The van der Waals surface area contributed by atoms with Crippen LogP contribution in [0, 0.1) is 0 Å². The lowest BCUT2D eigenvalue weighted by Gasteiger charge is -2.22. The maximum absolute atomic E-state index is 12.1. The lowest BCUT2D eigenvalue weighted by Crippen LogP contribution is -2.45. The first-order chi connectivity index (χ1) is 11.6. The summed E-state index contributed by atoms with van der Waals surface area (Å²) in [5, 5.41) is 2.36. The molecule has 0 fully saturated rings. The second-order valence-corrected chi connectivity index (χ2v) is 7.19. The summed E-state index contributed by atoms with van der Waals surface area (Å²) in [5.41, 5.74) is 0.127. The van der Waals surface area contributed by atoms with Gasteiger partial charge >= 0.3 is 12.1 Å². The van der Waals surface area contributed by atoms with Gasteiger partial charge in [-0.1, -0.05) is 34.1 Å². The first-order valence-electron chi connectivity index (χ1n) is 7.64. The van der Waals surface area contributed by atoms with E-state index in [1.807, 2.05) is 24.3 Å². The Bertz CT molecular complexity index is 646. The normalized spacial score (nSPS) is 12.5. The van der Waals surface area contributed by atoms with Crippen molar-refractivity contribution in [1.29, 1.82) is 0 Å². The van der Waals surface area contributed by atoms with Crippen LogP contribution >= 0.6 is 15.9 Å². The average molecular weight is 412 g/mol. The molecule has 6 nitrogen and oxygen atoms in total. The lowest BCUT2D eigenvalue weighted by atomic mass is 10.1. The topological polar surface area (TPSA) is 81.7 Å². The summed E-state index contributed by atoms with van der Waals surface area (Å²) < 4.78 is 10.7. The van der Waals surface area contributed by atoms with Crippen molar-refractivity contribution in [3.05, 3.63) is 40.4 Å². The minimum atomic E-state index is -1.11. The number of esters is 1. The number of hydrogen-bond acceptors (Lipinski definition) is 5. The van der Waals surface area contributed by atoms with E-state index < -0.39 is 23.7 Å². The highest BCUT2D eigenvalue weighted by Gasteiger charge is 2.26. The second-order valence-electron chi connectivity index (χ2n) is 6.28. The molecule has 0 saturated heterocycles. The van der Waals surface area contributed by atoms with Crippen LogP contribution in [0.25, 0.3) is 6.08 Å². The monoisotopic (exact) mass is 411 g/mol. The molecule has 1 rings (SSSR count). The van der Waals surface area contributed by atoms with Crippen LogP contribution in [0.2, 0.25) is 0 Å². The van der Waals surface area contributed by atoms with Gasteiger partial charge < -0.3 is 14.8 Å². The van der Waals surface area contributed by atoms with Gasteiger partial charge in [-0.25, -0.2) is 9.59 Å². The number of allylic oxidation sites excluding steroid dienone is 1. The highest BCUT2D eigenvalue weighted by molar-refractivity contribution is 9.10. The van der Waals surface area contributed by atoms with E-state index in [9.17, 15) is 14.4 Å². The summed E-state index contributed by atoms with van der Waals surface area (Å²) >= 11 is 3.33. The molecule has 1 N–H and O–H groups in total. The number of carbonyl (C=O) groups excluding carboxylic acids is 3. The van der Waals surface area contributed by atoms with Crippen LogP contribution in [0.3, 0.4) is 0 Å². The Morgan fingerprint density at radius 3 is 2.32 bits per heavy atom. The average Bonchev–Trinajstić information content (AvgIpc) is 2.51. The van der Waals surface area contributed by atoms with Crippen LogP contribution in [-0.2, 0) is 19.1 Å². The maximum atomic E-state index is 12.1. The fourth-order valence-electron chi connectivity index (χ4n) is 1.82. The Kier molecular flexibility index (Phi) is 7.83. The first kappa shape index (κ1) is 20.9. The predicted molar refractivity (Wildman–Crippen MR) is 98.0 cm³/mol. The molecule has 0 bridgehead atoms. The number of amides is 1. The molecule has 0 heterocycles. The van der Waals surface area contributed by atoms with Crippen molar-refractivity contribution in [2.24, 2.45) is 0 Å². The molecule has 1 aromatic carbocycles. The maximum Gasteiger partial charge on any atom is 0.408 e. The van der Waals surface area contributed by atoms with Crippen LogP contribution in [-0.4, -0.2) is 36.6 Å². The number of benzene rings is 1. The fraction of sp³-hybridized carbons (Fsp3) is 0.389. The minimum Gasteiger partial charge on any atom is -0.467 e. The highest BCUT2D eigenvalue weighted by Crippen LogP contribution is 2.12. The lowest BCUT2D eigenvalue weighted by molar-refractivity contribution is -0.144. The van der Waals surface area contributed by atoms with E-state index >= 15 is 0 Å². The molecule has 0 radical (unpaired) electrons. The molecule has 136 valence electrons. The molecule has 0 aliphatic heterocycles. The summed E-state index contributed by atoms with van der Waals surface area (Å²) in [4.78, 5) is 35.7. The van der Waals surface area contributed by atoms with Crippen LogP contribution in [0.5, 0.6) is 0 Å². The van der Waals surface area contributed by atoms with Gasteiger partial charge in [0, 0.05) is 10.9 Å². The van der Waals surface area contributed by atoms with E-state index in [1.165, 1.54) is 13.2 Å². The van der Waals surface area contributed by atoms with Gasteiger partial charge in [0.25, 0.3) is 0 Å². The number of ketones is 1. The van der Waals surface area contributed by atoms with E-state index in [4.69, 9.17) is 4.74 Å². The Balaban J connectivity index is 2.70. The zero-order chi connectivity index (χ0) is 19.0. The third-order valence-corrected chi connectivity index (χ3v) is 3.44. The van der Waals surface area contributed by atoms with E-state index in [1.54, 1.807) is 26.8 Å². The van der Waals surface area contributed by atoms with Crippen molar-refractivity contribution < 1.29 is 23.9 Å². The Morgan fingerprint density at radius 2 is 1.80 bits per heavy atom. The van der Waals surface area contributed by atoms with Crippen molar-refractivity contribution in [2.45, 2.75) is 38.8 Å². The number of ether oxygens (including phenoxy) is 2. The van der Waals surface area contributed by atoms with Crippen molar-refractivity contribution in [2.75, 3.05) is 7.11 Å². The molecule has 25 heavy (non-hydrogen) atoms. The zero-order valence-electron chi connectivity index (χ0n) is 14.7. The molecule has 0 saturated carbocycles. The summed E-state index contributed by atoms with van der Waals surface area (Å²) in [6.45, 7) is 5.10. The summed E-state index contributed by atoms with van der Waals surface area (Å²) in [5.74, 6) is -1.04. The third kappa shape index (κ3) is 8.49. The van der Waals surface area contributed by atoms with Crippen molar-refractivity contribution in [3.63, 3.8) is 0 Å². The van der Waals surface area contributed by atoms with Crippen molar-refractivity contribution in [3.8, 4) is 0 Å².